The first-order valence-corrected chi connectivity index (χ1v) is 9.04. The number of unbranched alkanes of at least 4 members (excludes halogenated alkanes) is 5. The lowest BCUT2D eigenvalue weighted by Crippen LogP contribution is -1.98. The molecule has 4 heteroatoms. The Morgan fingerprint density at radius 2 is 1.24 bits per heavy atom. The molecular weight excluding hydrogens is 316 g/mol. The van der Waals surface area contributed by atoms with E-state index in [-0.39, 0.29) is 17.1 Å². The zero-order chi connectivity index (χ0) is 18.1. The van der Waals surface area contributed by atoms with Crippen molar-refractivity contribution in [1.29, 1.82) is 0 Å². The first-order chi connectivity index (χ1) is 12.1. The summed E-state index contributed by atoms with van der Waals surface area (Å²) in [5, 5.41) is 38.8. The molecule has 2 rings (SSSR count). The van der Waals surface area contributed by atoms with Gasteiger partial charge in [-0.1, -0.05) is 50.3 Å². The molecule has 0 aliphatic rings. The van der Waals surface area contributed by atoms with Crippen molar-refractivity contribution in [1.82, 2.24) is 0 Å². The number of hydrogen-bond donors (Lipinski definition) is 4. The molecule has 4 nitrogen and oxygen atoms in total. The number of rotatable bonds is 10. The summed E-state index contributed by atoms with van der Waals surface area (Å²) in [6.07, 6.45) is 7.24. The first kappa shape index (κ1) is 19.1. The molecule has 1 atom stereocenters. The fourth-order valence-corrected chi connectivity index (χ4v) is 3.06. The molecule has 2 aromatic rings. The molecule has 0 saturated heterocycles. The van der Waals surface area contributed by atoms with Gasteiger partial charge in [0.05, 0.1) is 11.7 Å². The first-order valence-electron chi connectivity index (χ1n) is 9.04. The van der Waals surface area contributed by atoms with E-state index in [1.807, 2.05) is 12.1 Å². The van der Waals surface area contributed by atoms with Gasteiger partial charge in [0.2, 0.25) is 0 Å². The Labute approximate surface area is 149 Å². The standard InChI is InChI=1S/C21H28O4/c22-17-14-12-16(13-15-17)8-5-3-1-2-4-6-9-18(23)21-19(24)10-7-11-20(21)25/h7,10-15,18,22-25H,1-6,8-9H2. The second kappa shape index (κ2) is 9.94. The molecule has 25 heavy (non-hydrogen) atoms. The van der Waals surface area contributed by atoms with Crippen molar-refractivity contribution in [3.8, 4) is 17.2 Å². The van der Waals surface area contributed by atoms with Gasteiger partial charge in [-0.3, -0.25) is 0 Å². The minimum atomic E-state index is -0.823. The number of hydrogen-bond acceptors (Lipinski definition) is 4. The summed E-state index contributed by atoms with van der Waals surface area (Å²) >= 11 is 0. The lowest BCUT2D eigenvalue weighted by atomic mass is 10.00. The van der Waals surface area contributed by atoms with Gasteiger partial charge in [-0.2, -0.15) is 0 Å². The van der Waals surface area contributed by atoms with E-state index in [0.717, 1.165) is 38.5 Å². The monoisotopic (exact) mass is 344 g/mol. The number of phenolic OH excluding ortho intramolecular Hbond substituents is 3. The molecule has 0 amide bonds. The van der Waals surface area contributed by atoms with Gasteiger partial charge in [-0.05, 0) is 49.1 Å². The second-order valence-electron chi connectivity index (χ2n) is 6.55. The van der Waals surface area contributed by atoms with Gasteiger partial charge in [-0.15, -0.1) is 0 Å². The molecule has 0 aliphatic carbocycles. The highest BCUT2D eigenvalue weighted by Crippen LogP contribution is 2.34. The molecule has 1 unspecified atom stereocenters. The summed E-state index contributed by atoms with van der Waals surface area (Å²) in [4.78, 5) is 0. The Bertz CT molecular complexity index is 617. The number of aromatic hydroxyl groups is 3. The Hall–Kier alpha value is -2.20. The van der Waals surface area contributed by atoms with Gasteiger partial charge in [0, 0.05) is 0 Å². The fourth-order valence-electron chi connectivity index (χ4n) is 3.06. The second-order valence-corrected chi connectivity index (χ2v) is 6.55. The number of benzene rings is 2. The van der Waals surface area contributed by atoms with Gasteiger partial charge < -0.3 is 20.4 Å². The van der Waals surface area contributed by atoms with Crippen LogP contribution in [0.25, 0.3) is 0 Å². The molecular formula is C21H28O4. The molecule has 0 aromatic heterocycles. The van der Waals surface area contributed by atoms with Crippen molar-refractivity contribution in [3.05, 3.63) is 53.6 Å². The third-order valence-electron chi connectivity index (χ3n) is 4.52. The van der Waals surface area contributed by atoms with Gasteiger partial charge in [0.1, 0.15) is 17.2 Å². The number of aryl methyl sites for hydroxylation is 1. The Kier molecular flexibility index (Phi) is 7.61. The largest absolute Gasteiger partial charge is 0.508 e. The van der Waals surface area contributed by atoms with Crippen molar-refractivity contribution in [2.75, 3.05) is 0 Å². The van der Waals surface area contributed by atoms with Crippen LogP contribution in [0.4, 0.5) is 0 Å². The van der Waals surface area contributed by atoms with Crippen molar-refractivity contribution >= 4 is 0 Å². The van der Waals surface area contributed by atoms with Crippen molar-refractivity contribution in [3.63, 3.8) is 0 Å². The van der Waals surface area contributed by atoms with Crippen LogP contribution < -0.4 is 0 Å². The van der Waals surface area contributed by atoms with E-state index >= 15 is 0 Å². The van der Waals surface area contributed by atoms with Crippen LogP contribution in [0.15, 0.2) is 42.5 Å². The zero-order valence-electron chi connectivity index (χ0n) is 14.6. The highest BCUT2D eigenvalue weighted by Gasteiger charge is 2.16. The molecule has 0 spiro atoms. The Morgan fingerprint density at radius 3 is 1.88 bits per heavy atom. The third-order valence-corrected chi connectivity index (χ3v) is 4.52. The van der Waals surface area contributed by atoms with Crippen molar-refractivity contribution < 1.29 is 20.4 Å². The fraction of sp³-hybridized carbons (Fsp3) is 0.429. The molecule has 0 radical (unpaired) electrons. The minimum Gasteiger partial charge on any atom is -0.508 e. The maximum absolute atomic E-state index is 10.1. The third kappa shape index (κ3) is 6.31. The summed E-state index contributed by atoms with van der Waals surface area (Å²) in [7, 11) is 0. The van der Waals surface area contributed by atoms with Crippen molar-refractivity contribution in [2.24, 2.45) is 0 Å². The van der Waals surface area contributed by atoms with Crippen molar-refractivity contribution in [2.45, 2.75) is 57.5 Å². The van der Waals surface area contributed by atoms with Crippen LogP contribution in [0.5, 0.6) is 17.2 Å². The van der Waals surface area contributed by atoms with Crippen LogP contribution >= 0.6 is 0 Å². The van der Waals surface area contributed by atoms with Gasteiger partial charge in [-0.25, -0.2) is 0 Å². The van der Waals surface area contributed by atoms with E-state index in [1.54, 1.807) is 18.2 Å². The number of aliphatic hydroxyl groups is 1. The molecule has 4 N–H and O–H groups in total. The molecule has 0 bridgehead atoms. The summed E-state index contributed by atoms with van der Waals surface area (Å²) < 4.78 is 0. The number of phenols is 3. The van der Waals surface area contributed by atoms with E-state index in [1.165, 1.54) is 24.1 Å². The van der Waals surface area contributed by atoms with E-state index in [2.05, 4.69) is 0 Å². The SMILES string of the molecule is Oc1ccc(CCCCCCCCC(O)c2c(O)cccc2O)cc1. The molecule has 0 heterocycles. The van der Waals surface area contributed by atoms with Gasteiger partial charge in [0.25, 0.3) is 0 Å². The average molecular weight is 344 g/mol. The summed E-state index contributed by atoms with van der Waals surface area (Å²) in [6.45, 7) is 0. The summed E-state index contributed by atoms with van der Waals surface area (Å²) in [5.74, 6) is 0.200. The summed E-state index contributed by atoms with van der Waals surface area (Å²) in [5.41, 5.74) is 1.49. The van der Waals surface area contributed by atoms with Gasteiger partial charge in [0.15, 0.2) is 0 Å². The molecule has 136 valence electrons. The van der Waals surface area contributed by atoms with Gasteiger partial charge >= 0.3 is 0 Å². The number of aliphatic hydroxyl groups excluding tert-OH is 1. The topological polar surface area (TPSA) is 80.9 Å². The van der Waals surface area contributed by atoms with Crippen LogP contribution in [-0.4, -0.2) is 20.4 Å². The molecule has 0 fully saturated rings. The van der Waals surface area contributed by atoms with Crippen LogP contribution in [0.3, 0.4) is 0 Å². The summed E-state index contributed by atoms with van der Waals surface area (Å²) in [6, 6.07) is 11.9. The van der Waals surface area contributed by atoms with E-state index < -0.39 is 6.10 Å². The van der Waals surface area contributed by atoms with Crippen LogP contribution in [-0.2, 0) is 6.42 Å². The zero-order valence-corrected chi connectivity index (χ0v) is 14.6. The highest BCUT2D eigenvalue weighted by atomic mass is 16.3. The maximum atomic E-state index is 10.1. The quantitative estimate of drug-likeness (QED) is 0.466. The van der Waals surface area contributed by atoms with E-state index in [4.69, 9.17) is 0 Å². The lowest BCUT2D eigenvalue weighted by Gasteiger charge is -2.14. The Balaban J connectivity index is 1.55. The molecule has 0 aliphatic heterocycles. The normalized spacial score (nSPS) is 12.2. The molecule has 0 saturated carbocycles. The smallest absolute Gasteiger partial charge is 0.125 e. The van der Waals surface area contributed by atoms with E-state index in [9.17, 15) is 20.4 Å². The molecule has 2 aromatic carbocycles. The van der Waals surface area contributed by atoms with Crippen LogP contribution in [0, 0.1) is 0 Å². The minimum absolute atomic E-state index is 0.0540. The maximum Gasteiger partial charge on any atom is 0.125 e. The average Bonchev–Trinajstić information content (AvgIpc) is 2.58. The predicted octanol–water partition coefficient (Wildman–Crippen LogP) is 4.81. The lowest BCUT2D eigenvalue weighted by molar-refractivity contribution is 0.156. The van der Waals surface area contributed by atoms with Crippen LogP contribution in [0.1, 0.15) is 62.2 Å². The predicted molar refractivity (Wildman–Crippen MR) is 98.9 cm³/mol. The highest BCUT2D eigenvalue weighted by molar-refractivity contribution is 5.44. The van der Waals surface area contributed by atoms with E-state index in [0.29, 0.717) is 12.2 Å². The van der Waals surface area contributed by atoms with Crippen LogP contribution in [0.2, 0.25) is 0 Å². The Morgan fingerprint density at radius 1 is 0.680 bits per heavy atom.